The van der Waals surface area contributed by atoms with Crippen molar-refractivity contribution in [2.24, 2.45) is 0 Å². The van der Waals surface area contributed by atoms with Crippen LogP contribution in [0.5, 0.6) is 23.0 Å². The summed E-state index contributed by atoms with van der Waals surface area (Å²) in [7, 11) is 0. The third-order valence-electron chi connectivity index (χ3n) is 4.22. The van der Waals surface area contributed by atoms with Gasteiger partial charge in [-0.1, -0.05) is 12.1 Å². The summed E-state index contributed by atoms with van der Waals surface area (Å²) in [6.45, 7) is 0. The van der Waals surface area contributed by atoms with E-state index in [-0.39, 0.29) is 23.0 Å². The molecule has 0 heterocycles. The largest absolute Gasteiger partial charge is 0.478 e. The summed E-state index contributed by atoms with van der Waals surface area (Å²) in [6, 6.07) is 13.1. The SMILES string of the molecule is O=C(O)c1cccc(Oc2ccc(Oc3cccc(C(=O)O)c3C(=O)O)cc2)c1C(=O)O. The molecule has 0 fully saturated rings. The number of hydrogen-bond acceptors (Lipinski definition) is 6. The lowest BCUT2D eigenvalue weighted by atomic mass is 10.1. The van der Waals surface area contributed by atoms with Gasteiger partial charge in [-0.3, -0.25) is 0 Å². The van der Waals surface area contributed by atoms with Gasteiger partial charge in [-0.25, -0.2) is 19.2 Å². The number of carboxylic acids is 4. The standard InChI is InChI=1S/C22H14O10/c23-19(24)13-3-1-5-15(17(13)21(27)28)31-11-7-9-12(10-8-11)32-16-6-2-4-14(20(25)26)18(16)22(29)30/h1-10H,(H,23,24)(H,25,26)(H,27,28)(H,29,30). The van der Waals surface area contributed by atoms with Crippen molar-refractivity contribution in [1.29, 1.82) is 0 Å². The van der Waals surface area contributed by atoms with E-state index in [1.807, 2.05) is 0 Å². The molecule has 0 spiro atoms. The highest BCUT2D eigenvalue weighted by atomic mass is 16.5. The molecule has 10 nitrogen and oxygen atoms in total. The van der Waals surface area contributed by atoms with Gasteiger partial charge >= 0.3 is 23.9 Å². The maximum absolute atomic E-state index is 11.5. The Bertz CT molecular complexity index is 1130. The second kappa shape index (κ2) is 8.88. The average Bonchev–Trinajstić information content (AvgIpc) is 2.74. The summed E-state index contributed by atoms with van der Waals surface area (Å²) in [5.41, 5.74) is -1.90. The van der Waals surface area contributed by atoms with Crippen LogP contribution in [0.1, 0.15) is 41.4 Å². The van der Waals surface area contributed by atoms with Crippen molar-refractivity contribution in [1.82, 2.24) is 0 Å². The van der Waals surface area contributed by atoms with Crippen LogP contribution < -0.4 is 9.47 Å². The zero-order chi connectivity index (χ0) is 23.4. The maximum atomic E-state index is 11.5. The fraction of sp³-hybridized carbons (Fsp3) is 0. The zero-order valence-electron chi connectivity index (χ0n) is 16.0. The second-order valence-corrected chi connectivity index (χ2v) is 6.25. The normalized spacial score (nSPS) is 10.2. The van der Waals surface area contributed by atoms with Gasteiger partial charge in [0.05, 0.1) is 11.1 Å². The van der Waals surface area contributed by atoms with Crippen molar-refractivity contribution in [3.63, 3.8) is 0 Å². The highest BCUT2D eigenvalue weighted by molar-refractivity contribution is 6.04. The molecule has 4 N–H and O–H groups in total. The first-order chi connectivity index (χ1) is 15.2. The molecule has 3 aromatic rings. The first-order valence-electron chi connectivity index (χ1n) is 8.84. The molecule has 0 atom stereocenters. The van der Waals surface area contributed by atoms with Gasteiger partial charge in [0.1, 0.15) is 34.1 Å². The van der Waals surface area contributed by atoms with Crippen LogP contribution in [0, 0.1) is 0 Å². The third-order valence-corrected chi connectivity index (χ3v) is 4.22. The molecular formula is C22H14O10. The molecule has 3 aromatic carbocycles. The molecule has 10 heteroatoms. The monoisotopic (exact) mass is 438 g/mol. The fourth-order valence-electron chi connectivity index (χ4n) is 2.86. The van der Waals surface area contributed by atoms with Gasteiger partial charge in [-0.15, -0.1) is 0 Å². The quantitative estimate of drug-likeness (QED) is 0.402. The summed E-state index contributed by atoms with van der Waals surface area (Å²) >= 11 is 0. The molecule has 0 radical (unpaired) electrons. The lowest BCUT2D eigenvalue weighted by Crippen LogP contribution is -2.09. The van der Waals surface area contributed by atoms with Gasteiger partial charge in [0.15, 0.2) is 0 Å². The van der Waals surface area contributed by atoms with E-state index in [1.165, 1.54) is 48.5 Å². The van der Waals surface area contributed by atoms with Crippen LogP contribution in [0.2, 0.25) is 0 Å². The summed E-state index contributed by atoms with van der Waals surface area (Å²) < 4.78 is 11.0. The Kier molecular flexibility index (Phi) is 6.06. The van der Waals surface area contributed by atoms with Gasteiger partial charge in [0.2, 0.25) is 0 Å². The van der Waals surface area contributed by atoms with Crippen LogP contribution in [-0.2, 0) is 0 Å². The Balaban J connectivity index is 1.88. The van der Waals surface area contributed by atoms with Crippen LogP contribution in [0.4, 0.5) is 0 Å². The van der Waals surface area contributed by atoms with Gasteiger partial charge in [0.25, 0.3) is 0 Å². The predicted molar refractivity (Wildman–Crippen MR) is 107 cm³/mol. The van der Waals surface area contributed by atoms with Crippen molar-refractivity contribution < 1.29 is 49.1 Å². The Hall–Kier alpha value is -4.86. The van der Waals surface area contributed by atoms with E-state index in [1.54, 1.807) is 0 Å². The van der Waals surface area contributed by atoms with Crippen LogP contribution >= 0.6 is 0 Å². The number of hydrogen-bond donors (Lipinski definition) is 4. The molecule has 0 bridgehead atoms. The number of carboxylic acid groups (broad SMARTS) is 4. The van der Waals surface area contributed by atoms with Crippen molar-refractivity contribution in [3.8, 4) is 23.0 Å². The summed E-state index contributed by atoms with van der Waals surface area (Å²) in [6.07, 6.45) is 0. The van der Waals surface area contributed by atoms with E-state index < -0.39 is 46.1 Å². The molecule has 0 unspecified atom stereocenters. The highest BCUT2D eigenvalue weighted by Crippen LogP contribution is 2.32. The molecule has 0 aliphatic heterocycles. The van der Waals surface area contributed by atoms with Crippen molar-refractivity contribution in [2.45, 2.75) is 0 Å². The molecule has 0 aliphatic rings. The highest BCUT2D eigenvalue weighted by Gasteiger charge is 2.23. The van der Waals surface area contributed by atoms with E-state index in [2.05, 4.69) is 0 Å². The van der Waals surface area contributed by atoms with Gasteiger partial charge in [-0.2, -0.15) is 0 Å². The molecule has 0 amide bonds. The number of ether oxygens (including phenoxy) is 2. The minimum Gasteiger partial charge on any atom is -0.478 e. The van der Waals surface area contributed by atoms with E-state index in [0.29, 0.717) is 0 Å². The van der Waals surface area contributed by atoms with Crippen molar-refractivity contribution >= 4 is 23.9 Å². The molecule has 0 aliphatic carbocycles. The van der Waals surface area contributed by atoms with E-state index in [4.69, 9.17) is 9.47 Å². The maximum Gasteiger partial charge on any atom is 0.340 e. The van der Waals surface area contributed by atoms with E-state index >= 15 is 0 Å². The number of carbonyl (C=O) groups is 4. The van der Waals surface area contributed by atoms with E-state index in [9.17, 15) is 39.6 Å². The van der Waals surface area contributed by atoms with Crippen LogP contribution in [0.3, 0.4) is 0 Å². The van der Waals surface area contributed by atoms with Crippen LogP contribution in [0.15, 0.2) is 60.7 Å². The fourth-order valence-corrected chi connectivity index (χ4v) is 2.86. The van der Waals surface area contributed by atoms with Gasteiger partial charge < -0.3 is 29.9 Å². The summed E-state index contributed by atoms with van der Waals surface area (Å²) in [5.74, 6) is -5.86. The Morgan fingerprint density at radius 2 is 0.844 bits per heavy atom. The Morgan fingerprint density at radius 3 is 1.12 bits per heavy atom. The van der Waals surface area contributed by atoms with Gasteiger partial charge in [0, 0.05) is 0 Å². The molecule has 3 rings (SSSR count). The van der Waals surface area contributed by atoms with Crippen LogP contribution in [-0.4, -0.2) is 44.3 Å². The number of aromatic carboxylic acids is 4. The average molecular weight is 438 g/mol. The lowest BCUT2D eigenvalue weighted by Gasteiger charge is -2.13. The Labute approximate surface area is 179 Å². The molecule has 0 saturated carbocycles. The Morgan fingerprint density at radius 1 is 0.500 bits per heavy atom. The summed E-state index contributed by atoms with van der Waals surface area (Å²) in [5, 5.41) is 37.1. The van der Waals surface area contributed by atoms with Gasteiger partial charge in [-0.05, 0) is 48.5 Å². The molecule has 162 valence electrons. The lowest BCUT2D eigenvalue weighted by molar-refractivity contribution is 0.0649. The minimum absolute atomic E-state index is 0.153. The molecular weight excluding hydrogens is 424 g/mol. The second-order valence-electron chi connectivity index (χ2n) is 6.25. The molecule has 0 saturated heterocycles. The zero-order valence-corrected chi connectivity index (χ0v) is 16.0. The topological polar surface area (TPSA) is 168 Å². The van der Waals surface area contributed by atoms with Crippen molar-refractivity contribution in [2.75, 3.05) is 0 Å². The van der Waals surface area contributed by atoms with E-state index in [0.717, 1.165) is 12.1 Å². The first kappa shape index (κ1) is 21.8. The first-order valence-corrected chi connectivity index (χ1v) is 8.84. The van der Waals surface area contributed by atoms with Crippen LogP contribution in [0.25, 0.3) is 0 Å². The number of benzene rings is 3. The van der Waals surface area contributed by atoms with Crippen molar-refractivity contribution in [3.05, 3.63) is 82.9 Å². The number of rotatable bonds is 8. The third kappa shape index (κ3) is 4.49. The smallest absolute Gasteiger partial charge is 0.340 e. The predicted octanol–water partition coefficient (Wildman–Crippen LogP) is 4.06. The molecule has 32 heavy (non-hydrogen) atoms. The minimum atomic E-state index is -1.47. The summed E-state index contributed by atoms with van der Waals surface area (Å²) in [4.78, 5) is 45.6. The molecule has 0 aromatic heterocycles.